The average molecular weight is 249 g/mol. The SMILES string of the molecule is NCCc1ccc(Oc2cc(F)ccc2F)cc1. The molecule has 0 aliphatic carbocycles. The summed E-state index contributed by atoms with van der Waals surface area (Å²) in [5.41, 5.74) is 6.51. The quantitative estimate of drug-likeness (QED) is 0.902. The van der Waals surface area contributed by atoms with E-state index in [0.717, 1.165) is 30.2 Å². The highest BCUT2D eigenvalue weighted by Crippen LogP contribution is 2.25. The number of hydrogen-bond donors (Lipinski definition) is 1. The Bertz CT molecular complexity index is 526. The van der Waals surface area contributed by atoms with E-state index in [9.17, 15) is 8.78 Å². The molecule has 0 amide bonds. The third-order valence-corrected chi connectivity index (χ3v) is 2.48. The summed E-state index contributed by atoms with van der Waals surface area (Å²) in [6.07, 6.45) is 0.772. The molecule has 0 heterocycles. The summed E-state index contributed by atoms with van der Waals surface area (Å²) in [4.78, 5) is 0. The van der Waals surface area contributed by atoms with Gasteiger partial charge in [-0.05, 0) is 42.8 Å². The van der Waals surface area contributed by atoms with Crippen molar-refractivity contribution in [3.8, 4) is 11.5 Å². The first kappa shape index (κ1) is 12.5. The molecule has 0 radical (unpaired) electrons. The van der Waals surface area contributed by atoms with Gasteiger partial charge >= 0.3 is 0 Å². The van der Waals surface area contributed by atoms with Gasteiger partial charge in [0.2, 0.25) is 0 Å². The van der Waals surface area contributed by atoms with Crippen LogP contribution >= 0.6 is 0 Å². The molecule has 0 unspecified atom stereocenters. The number of rotatable bonds is 4. The minimum absolute atomic E-state index is 0.124. The van der Waals surface area contributed by atoms with Crippen molar-refractivity contribution in [1.82, 2.24) is 0 Å². The summed E-state index contributed by atoms with van der Waals surface area (Å²) < 4.78 is 31.6. The highest BCUT2D eigenvalue weighted by Gasteiger charge is 2.06. The van der Waals surface area contributed by atoms with Gasteiger partial charge in [0.25, 0.3) is 0 Å². The lowest BCUT2D eigenvalue weighted by molar-refractivity contribution is 0.436. The zero-order chi connectivity index (χ0) is 13.0. The predicted molar refractivity (Wildman–Crippen MR) is 65.6 cm³/mol. The third-order valence-electron chi connectivity index (χ3n) is 2.48. The minimum Gasteiger partial charge on any atom is -0.454 e. The van der Waals surface area contributed by atoms with Gasteiger partial charge in [-0.2, -0.15) is 0 Å². The number of halogens is 2. The standard InChI is InChI=1S/C14H13F2NO/c15-11-3-6-13(16)14(9-11)18-12-4-1-10(2-5-12)7-8-17/h1-6,9H,7-8,17H2. The van der Waals surface area contributed by atoms with E-state index in [1.165, 1.54) is 0 Å². The van der Waals surface area contributed by atoms with Crippen LogP contribution in [0.1, 0.15) is 5.56 Å². The summed E-state index contributed by atoms with van der Waals surface area (Å²) in [5.74, 6) is -0.796. The van der Waals surface area contributed by atoms with Crippen molar-refractivity contribution in [2.75, 3.05) is 6.54 Å². The Morgan fingerprint density at radius 1 is 1.00 bits per heavy atom. The van der Waals surface area contributed by atoms with Crippen LogP contribution in [0.4, 0.5) is 8.78 Å². The van der Waals surface area contributed by atoms with Crippen LogP contribution in [0.15, 0.2) is 42.5 Å². The molecule has 0 spiro atoms. The van der Waals surface area contributed by atoms with Gasteiger partial charge in [-0.25, -0.2) is 8.78 Å². The van der Waals surface area contributed by atoms with Crippen molar-refractivity contribution in [1.29, 1.82) is 0 Å². The molecule has 2 aromatic carbocycles. The van der Waals surface area contributed by atoms with E-state index in [1.54, 1.807) is 12.1 Å². The molecule has 2 rings (SSSR count). The number of hydrogen-bond acceptors (Lipinski definition) is 2. The molecule has 0 saturated carbocycles. The van der Waals surface area contributed by atoms with Crippen molar-refractivity contribution in [2.45, 2.75) is 6.42 Å². The molecule has 94 valence electrons. The molecule has 0 aliphatic heterocycles. The van der Waals surface area contributed by atoms with E-state index < -0.39 is 11.6 Å². The fourth-order valence-electron chi connectivity index (χ4n) is 1.57. The topological polar surface area (TPSA) is 35.2 Å². The molecule has 2 N–H and O–H groups in total. The summed E-state index contributed by atoms with van der Waals surface area (Å²) in [5, 5.41) is 0. The first-order valence-corrected chi connectivity index (χ1v) is 5.61. The molecule has 0 saturated heterocycles. The molecule has 4 heteroatoms. The Hall–Kier alpha value is -1.94. The van der Waals surface area contributed by atoms with E-state index in [1.807, 2.05) is 12.1 Å². The van der Waals surface area contributed by atoms with E-state index in [2.05, 4.69) is 0 Å². The largest absolute Gasteiger partial charge is 0.454 e. The lowest BCUT2D eigenvalue weighted by Gasteiger charge is -2.07. The molecule has 0 fully saturated rings. The smallest absolute Gasteiger partial charge is 0.165 e. The molecular weight excluding hydrogens is 236 g/mol. The maximum atomic E-state index is 13.3. The van der Waals surface area contributed by atoms with E-state index in [0.29, 0.717) is 12.3 Å². The molecule has 0 atom stereocenters. The van der Waals surface area contributed by atoms with Crippen LogP contribution in [0, 0.1) is 11.6 Å². The van der Waals surface area contributed by atoms with Crippen LogP contribution in [0.5, 0.6) is 11.5 Å². The Labute approximate surface area is 104 Å². The fourth-order valence-corrected chi connectivity index (χ4v) is 1.57. The Balaban J connectivity index is 2.15. The maximum absolute atomic E-state index is 13.3. The van der Waals surface area contributed by atoms with Crippen LogP contribution in [0.2, 0.25) is 0 Å². The van der Waals surface area contributed by atoms with Gasteiger partial charge in [-0.3, -0.25) is 0 Å². The highest BCUT2D eigenvalue weighted by molar-refractivity contribution is 5.34. The van der Waals surface area contributed by atoms with E-state index >= 15 is 0 Å². The maximum Gasteiger partial charge on any atom is 0.165 e. The molecular formula is C14H13F2NO. The molecule has 2 nitrogen and oxygen atoms in total. The first-order chi connectivity index (χ1) is 8.69. The number of ether oxygens (including phenoxy) is 1. The summed E-state index contributed by atoms with van der Waals surface area (Å²) >= 11 is 0. The first-order valence-electron chi connectivity index (χ1n) is 5.61. The molecule has 0 aliphatic rings. The minimum atomic E-state index is -0.595. The van der Waals surface area contributed by atoms with Gasteiger partial charge < -0.3 is 10.5 Å². The third kappa shape index (κ3) is 3.05. The van der Waals surface area contributed by atoms with Gasteiger partial charge in [0.1, 0.15) is 11.6 Å². The lowest BCUT2D eigenvalue weighted by Crippen LogP contribution is -2.02. The predicted octanol–water partition coefficient (Wildman–Crippen LogP) is 3.26. The highest BCUT2D eigenvalue weighted by atomic mass is 19.1. The second-order valence-electron chi connectivity index (χ2n) is 3.86. The van der Waals surface area contributed by atoms with Gasteiger partial charge in [-0.1, -0.05) is 12.1 Å². The lowest BCUT2D eigenvalue weighted by atomic mass is 10.1. The number of nitrogens with two attached hydrogens (primary N) is 1. The van der Waals surface area contributed by atoms with Crippen molar-refractivity contribution in [3.05, 3.63) is 59.7 Å². The summed E-state index contributed by atoms with van der Waals surface area (Å²) in [7, 11) is 0. The van der Waals surface area contributed by atoms with Gasteiger partial charge in [0.15, 0.2) is 11.6 Å². The normalized spacial score (nSPS) is 10.4. The Kier molecular flexibility index (Phi) is 3.89. The van der Waals surface area contributed by atoms with Crippen LogP contribution < -0.4 is 10.5 Å². The zero-order valence-corrected chi connectivity index (χ0v) is 9.70. The van der Waals surface area contributed by atoms with E-state index in [-0.39, 0.29) is 5.75 Å². The van der Waals surface area contributed by atoms with Crippen LogP contribution in [-0.2, 0) is 6.42 Å². The van der Waals surface area contributed by atoms with Crippen LogP contribution in [0.3, 0.4) is 0 Å². The van der Waals surface area contributed by atoms with Gasteiger partial charge in [0, 0.05) is 6.07 Å². The van der Waals surface area contributed by atoms with Crippen LogP contribution in [-0.4, -0.2) is 6.54 Å². The Morgan fingerprint density at radius 3 is 2.39 bits per heavy atom. The summed E-state index contributed by atoms with van der Waals surface area (Å²) in [6, 6.07) is 10.2. The Morgan fingerprint density at radius 2 is 1.72 bits per heavy atom. The monoisotopic (exact) mass is 249 g/mol. The average Bonchev–Trinajstić information content (AvgIpc) is 2.37. The zero-order valence-electron chi connectivity index (χ0n) is 9.70. The van der Waals surface area contributed by atoms with E-state index in [4.69, 9.17) is 10.5 Å². The molecule has 2 aromatic rings. The molecule has 0 bridgehead atoms. The van der Waals surface area contributed by atoms with Crippen molar-refractivity contribution in [3.63, 3.8) is 0 Å². The van der Waals surface area contributed by atoms with Gasteiger partial charge in [0.05, 0.1) is 0 Å². The van der Waals surface area contributed by atoms with Crippen LogP contribution in [0.25, 0.3) is 0 Å². The number of benzene rings is 2. The second kappa shape index (κ2) is 5.60. The summed E-state index contributed by atoms with van der Waals surface area (Å²) in [6.45, 7) is 0.568. The van der Waals surface area contributed by atoms with Crippen molar-refractivity contribution < 1.29 is 13.5 Å². The van der Waals surface area contributed by atoms with Crippen molar-refractivity contribution >= 4 is 0 Å². The second-order valence-corrected chi connectivity index (χ2v) is 3.86. The molecule has 18 heavy (non-hydrogen) atoms. The van der Waals surface area contributed by atoms with Crippen molar-refractivity contribution in [2.24, 2.45) is 5.73 Å². The molecule has 0 aromatic heterocycles. The van der Waals surface area contributed by atoms with Gasteiger partial charge in [-0.15, -0.1) is 0 Å². The fraction of sp³-hybridized carbons (Fsp3) is 0.143.